The van der Waals surface area contributed by atoms with Crippen molar-refractivity contribution in [3.05, 3.63) is 22.5 Å². The Morgan fingerprint density at radius 1 is 1.42 bits per heavy atom. The molecule has 1 N–H and O–H groups in total. The van der Waals surface area contributed by atoms with Crippen molar-refractivity contribution in [2.45, 2.75) is 32.7 Å². The van der Waals surface area contributed by atoms with Crippen LogP contribution in [0.4, 0.5) is 5.13 Å². The lowest BCUT2D eigenvalue weighted by atomic mass is 9.90. The van der Waals surface area contributed by atoms with E-state index in [-0.39, 0.29) is 11.8 Å². The van der Waals surface area contributed by atoms with E-state index < -0.39 is 0 Å². The predicted octanol–water partition coefficient (Wildman–Crippen LogP) is 0.801. The van der Waals surface area contributed by atoms with Crippen LogP contribution in [0.3, 0.4) is 0 Å². The van der Waals surface area contributed by atoms with Gasteiger partial charge in [0.25, 0.3) is 0 Å². The Morgan fingerprint density at radius 3 is 3.04 bits per heavy atom. The molecule has 0 bridgehead atoms. The summed E-state index contributed by atoms with van der Waals surface area (Å²) in [6.07, 6.45) is 4.45. The molecule has 0 radical (unpaired) electrons. The quantitative estimate of drug-likeness (QED) is 0.831. The Balaban J connectivity index is 1.31. The fraction of sp³-hybridized carbons (Fsp3) is 0.647. The van der Waals surface area contributed by atoms with Gasteiger partial charge in [0.15, 0.2) is 5.13 Å². The molecule has 2 aromatic heterocycles. The number of hydrogen-bond donors (Lipinski definition) is 1. The van der Waals surface area contributed by atoms with Crippen LogP contribution in [0.5, 0.6) is 0 Å². The number of hydrogen-bond acceptors (Lipinski definition) is 7. The van der Waals surface area contributed by atoms with Crippen molar-refractivity contribution >= 4 is 22.4 Å². The van der Waals surface area contributed by atoms with E-state index in [9.17, 15) is 4.79 Å². The molecule has 1 amide bonds. The van der Waals surface area contributed by atoms with Gasteiger partial charge in [-0.05, 0) is 19.8 Å². The average molecular weight is 376 g/mol. The van der Waals surface area contributed by atoms with Crippen LogP contribution in [0.2, 0.25) is 0 Å². The van der Waals surface area contributed by atoms with E-state index in [0.717, 1.165) is 62.1 Å². The number of fused-ring (bicyclic) bond motifs is 1. The van der Waals surface area contributed by atoms with E-state index in [1.165, 1.54) is 4.88 Å². The molecule has 3 heterocycles. The van der Waals surface area contributed by atoms with Gasteiger partial charge in [-0.25, -0.2) is 4.98 Å². The largest absolute Gasteiger partial charge is 0.378 e. The van der Waals surface area contributed by atoms with Crippen LogP contribution in [-0.4, -0.2) is 58.7 Å². The number of morpholine rings is 1. The highest BCUT2D eigenvalue weighted by Gasteiger charge is 2.28. The Morgan fingerprint density at radius 2 is 2.27 bits per heavy atom. The number of thiazole rings is 1. The highest BCUT2D eigenvalue weighted by Crippen LogP contribution is 2.34. The number of nitrogens with zero attached hydrogens (tertiary/aromatic N) is 5. The van der Waals surface area contributed by atoms with Crippen molar-refractivity contribution < 1.29 is 9.53 Å². The van der Waals surface area contributed by atoms with Crippen molar-refractivity contribution in [1.29, 1.82) is 0 Å². The van der Waals surface area contributed by atoms with Gasteiger partial charge in [0.05, 0.1) is 31.1 Å². The van der Waals surface area contributed by atoms with Crippen molar-refractivity contribution in [2.75, 3.05) is 37.7 Å². The lowest BCUT2D eigenvalue weighted by molar-refractivity contribution is -0.125. The predicted molar refractivity (Wildman–Crippen MR) is 98.4 cm³/mol. The van der Waals surface area contributed by atoms with Gasteiger partial charge in [-0.15, -0.1) is 16.4 Å². The Hall–Kier alpha value is -2.00. The number of nitrogens with one attached hydrogen (secondary N) is 1. The maximum atomic E-state index is 12.5. The number of aromatic nitrogens is 4. The molecule has 8 nitrogen and oxygen atoms in total. The molecule has 140 valence electrons. The Kier molecular flexibility index (Phi) is 5.16. The first-order valence-electron chi connectivity index (χ1n) is 9.15. The van der Waals surface area contributed by atoms with Gasteiger partial charge < -0.3 is 15.0 Å². The molecular weight excluding hydrogens is 352 g/mol. The third-order valence-corrected chi connectivity index (χ3v) is 6.09. The zero-order valence-electron chi connectivity index (χ0n) is 15.0. The average Bonchev–Trinajstić information content (AvgIpc) is 3.27. The third-order valence-electron chi connectivity index (χ3n) is 4.87. The number of anilines is 1. The number of amides is 1. The van der Waals surface area contributed by atoms with E-state index in [1.807, 2.05) is 13.1 Å². The topological polar surface area (TPSA) is 85.2 Å². The summed E-state index contributed by atoms with van der Waals surface area (Å²) in [7, 11) is 0. The molecule has 0 aromatic carbocycles. The van der Waals surface area contributed by atoms with E-state index in [1.54, 1.807) is 16.0 Å². The molecule has 2 aliphatic rings. The molecule has 4 rings (SSSR count). The summed E-state index contributed by atoms with van der Waals surface area (Å²) in [6.45, 7) is 6.45. The van der Waals surface area contributed by atoms with E-state index in [2.05, 4.69) is 20.5 Å². The molecular formula is C17H24N6O2S. The van der Waals surface area contributed by atoms with Crippen molar-refractivity contribution in [3.8, 4) is 0 Å². The van der Waals surface area contributed by atoms with Crippen LogP contribution < -0.4 is 10.2 Å². The number of ether oxygens (including phenoxy) is 1. The number of carbonyl (C=O) groups excluding carboxylic acids is 1. The fourth-order valence-electron chi connectivity index (χ4n) is 3.42. The molecule has 1 atom stereocenters. The summed E-state index contributed by atoms with van der Waals surface area (Å²) in [4.78, 5) is 21.0. The second kappa shape index (κ2) is 7.71. The summed E-state index contributed by atoms with van der Waals surface area (Å²) in [5, 5.41) is 12.1. The van der Waals surface area contributed by atoms with Crippen LogP contribution in [0.25, 0.3) is 0 Å². The maximum absolute atomic E-state index is 12.5. The molecule has 0 saturated carbocycles. The van der Waals surface area contributed by atoms with Gasteiger partial charge in [0.1, 0.15) is 0 Å². The van der Waals surface area contributed by atoms with E-state index >= 15 is 0 Å². The second-order valence-corrected chi connectivity index (χ2v) is 7.88. The Bertz CT molecular complexity index is 767. The normalized spacial score (nSPS) is 20.0. The van der Waals surface area contributed by atoms with Gasteiger partial charge in [-0.3, -0.25) is 9.48 Å². The highest BCUT2D eigenvalue weighted by molar-refractivity contribution is 7.15. The van der Waals surface area contributed by atoms with E-state index in [0.29, 0.717) is 13.1 Å². The van der Waals surface area contributed by atoms with Gasteiger partial charge in [0, 0.05) is 43.0 Å². The minimum Gasteiger partial charge on any atom is -0.378 e. The van der Waals surface area contributed by atoms with Gasteiger partial charge in [-0.1, -0.05) is 5.21 Å². The van der Waals surface area contributed by atoms with Crippen molar-refractivity contribution in [3.63, 3.8) is 0 Å². The lowest BCUT2D eigenvalue weighted by Crippen LogP contribution is -2.36. The first-order valence-corrected chi connectivity index (χ1v) is 9.96. The van der Waals surface area contributed by atoms with E-state index in [4.69, 9.17) is 9.72 Å². The SMILES string of the molecule is Cc1cn(CCNC(=O)C2CCc3sc(N4CCOCC4)nc3C2)nn1. The molecule has 1 unspecified atom stereocenters. The van der Waals surface area contributed by atoms with Gasteiger partial charge >= 0.3 is 0 Å². The number of carbonyl (C=O) groups is 1. The van der Waals surface area contributed by atoms with Crippen LogP contribution in [-0.2, 0) is 28.9 Å². The monoisotopic (exact) mass is 376 g/mol. The van der Waals surface area contributed by atoms with Crippen LogP contribution >= 0.6 is 11.3 Å². The van der Waals surface area contributed by atoms with Crippen LogP contribution in [0.15, 0.2) is 6.20 Å². The van der Waals surface area contributed by atoms with Crippen LogP contribution in [0.1, 0.15) is 22.7 Å². The summed E-state index contributed by atoms with van der Waals surface area (Å²) in [6, 6.07) is 0. The van der Waals surface area contributed by atoms with Crippen molar-refractivity contribution in [1.82, 2.24) is 25.3 Å². The van der Waals surface area contributed by atoms with Gasteiger partial charge in [0.2, 0.25) is 5.91 Å². The molecule has 0 spiro atoms. The molecule has 1 aliphatic carbocycles. The molecule has 9 heteroatoms. The Labute approximate surface area is 156 Å². The smallest absolute Gasteiger partial charge is 0.223 e. The molecule has 2 aromatic rings. The third kappa shape index (κ3) is 3.88. The fourth-order valence-corrected chi connectivity index (χ4v) is 4.58. The number of aryl methyl sites for hydroxylation is 2. The lowest BCUT2D eigenvalue weighted by Gasteiger charge is -2.26. The summed E-state index contributed by atoms with van der Waals surface area (Å²) in [5.41, 5.74) is 1.99. The standard InChI is InChI=1S/C17H24N6O2S/c1-12-11-23(21-20-12)5-4-18-16(24)13-2-3-15-14(10-13)19-17(26-15)22-6-8-25-9-7-22/h11,13H,2-10H2,1H3,(H,18,24). The minimum absolute atomic E-state index is 0.0135. The minimum atomic E-state index is 0.0135. The molecule has 1 saturated heterocycles. The maximum Gasteiger partial charge on any atom is 0.223 e. The number of rotatable bonds is 5. The van der Waals surface area contributed by atoms with Crippen LogP contribution in [0, 0.1) is 12.8 Å². The highest BCUT2D eigenvalue weighted by atomic mass is 32.1. The molecule has 1 aliphatic heterocycles. The second-order valence-electron chi connectivity index (χ2n) is 6.82. The zero-order valence-corrected chi connectivity index (χ0v) is 15.8. The zero-order chi connectivity index (χ0) is 17.9. The first-order chi connectivity index (χ1) is 12.7. The summed E-state index contributed by atoms with van der Waals surface area (Å²) in [5.74, 6) is 0.132. The molecule has 26 heavy (non-hydrogen) atoms. The van der Waals surface area contributed by atoms with Gasteiger partial charge in [-0.2, -0.15) is 0 Å². The summed E-state index contributed by atoms with van der Waals surface area (Å²) >= 11 is 1.78. The summed E-state index contributed by atoms with van der Waals surface area (Å²) < 4.78 is 7.17. The van der Waals surface area contributed by atoms with Crippen molar-refractivity contribution in [2.24, 2.45) is 5.92 Å². The molecule has 1 fully saturated rings. The first kappa shape index (κ1) is 17.4.